The van der Waals surface area contributed by atoms with E-state index in [1.807, 2.05) is 0 Å². The lowest BCUT2D eigenvalue weighted by molar-refractivity contribution is -0.231. The fourth-order valence-corrected chi connectivity index (χ4v) is 4.81. The molecule has 5 heteroatoms. The second-order valence-corrected chi connectivity index (χ2v) is 9.12. The molecule has 2 aromatic rings. The van der Waals surface area contributed by atoms with Crippen molar-refractivity contribution in [1.82, 2.24) is 0 Å². The smallest absolute Gasteiger partial charge is 0.113 e. The van der Waals surface area contributed by atoms with Gasteiger partial charge in [0.15, 0.2) is 0 Å². The van der Waals surface area contributed by atoms with Crippen LogP contribution in [0.15, 0.2) is 36.4 Å². The topological polar surface area (TPSA) is 90.2 Å². The molecule has 1 saturated heterocycles. The average molecular weight is 427 g/mol. The van der Waals surface area contributed by atoms with E-state index >= 15 is 0 Å². The number of rotatable bonds is 6. The fraction of sp³-hybridized carbons (Fsp3) is 0.538. The van der Waals surface area contributed by atoms with E-state index in [9.17, 15) is 20.4 Å². The maximum absolute atomic E-state index is 10.7. The van der Waals surface area contributed by atoms with Crippen molar-refractivity contribution in [3.63, 3.8) is 0 Å². The van der Waals surface area contributed by atoms with E-state index in [2.05, 4.69) is 50.2 Å². The Hall–Kier alpha value is -1.76. The molecular formula is C26H34O5. The zero-order chi connectivity index (χ0) is 22.1. The van der Waals surface area contributed by atoms with Gasteiger partial charge in [0.2, 0.25) is 0 Å². The molecule has 1 saturated carbocycles. The van der Waals surface area contributed by atoms with Crippen molar-refractivity contribution in [1.29, 1.82) is 0 Å². The highest BCUT2D eigenvalue weighted by Crippen LogP contribution is 2.42. The lowest BCUT2D eigenvalue weighted by Gasteiger charge is -2.41. The normalized spacial score (nSPS) is 29.0. The lowest BCUT2D eigenvalue weighted by atomic mass is 9.75. The molecule has 4 rings (SSSR count). The molecule has 4 N–H and O–H groups in total. The van der Waals surface area contributed by atoms with E-state index in [-0.39, 0.29) is 0 Å². The van der Waals surface area contributed by atoms with Crippen LogP contribution in [0.2, 0.25) is 0 Å². The number of ether oxygens (including phenoxy) is 1. The Kier molecular flexibility index (Phi) is 6.80. The molecule has 2 aliphatic rings. The molecule has 2 aromatic carbocycles. The maximum Gasteiger partial charge on any atom is 0.113 e. The van der Waals surface area contributed by atoms with Crippen molar-refractivity contribution in [2.75, 3.05) is 6.61 Å². The molecule has 0 aromatic heterocycles. The molecule has 2 fully saturated rings. The number of hydrogen-bond acceptors (Lipinski definition) is 5. The van der Waals surface area contributed by atoms with E-state index in [0.29, 0.717) is 5.92 Å². The summed E-state index contributed by atoms with van der Waals surface area (Å²) in [6.45, 7) is 3.90. The monoisotopic (exact) mass is 426 g/mol. The summed E-state index contributed by atoms with van der Waals surface area (Å²) in [5, 5.41) is 40.7. The molecule has 0 amide bonds. The molecular weight excluding hydrogens is 392 g/mol. The lowest BCUT2D eigenvalue weighted by Crippen LogP contribution is -2.55. The highest BCUT2D eigenvalue weighted by molar-refractivity contribution is 5.45. The summed E-state index contributed by atoms with van der Waals surface area (Å²) in [6, 6.07) is 12.8. The second-order valence-electron chi connectivity index (χ2n) is 9.12. The first-order chi connectivity index (χ1) is 14.9. The molecule has 168 valence electrons. The summed E-state index contributed by atoms with van der Waals surface area (Å²) in [4.78, 5) is 0. The third-order valence-corrected chi connectivity index (χ3v) is 7.17. The standard InChI is InChI=1S/C26H34O5/c1-3-16-7-9-17(10-8-16)11-19-12-20(13-21(15(19)2)18-5-4-6-18)26-25(30)24(29)23(28)22(14-27)31-26/h7-10,12-13,18,22-30H,3-6,11,14H2,1-2H3/t22-,23-,24+,25-,26+/m1/s1. The molecule has 0 bridgehead atoms. The van der Waals surface area contributed by atoms with Crippen LogP contribution >= 0.6 is 0 Å². The van der Waals surface area contributed by atoms with Gasteiger partial charge in [-0.1, -0.05) is 49.7 Å². The highest BCUT2D eigenvalue weighted by Gasteiger charge is 2.44. The van der Waals surface area contributed by atoms with Crippen LogP contribution in [0.1, 0.15) is 71.6 Å². The van der Waals surface area contributed by atoms with Gasteiger partial charge in [-0.15, -0.1) is 0 Å². The van der Waals surface area contributed by atoms with Crippen molar-refractivity contribution in [2.45, 2.75) is 82.4 Å². The largest absolute Gasteiger partial charge is 0.394 e. The van der Waals surface area contributed by atoms with Gasteiger partial charge in [0, 0.05) is 0 Å². The minimum atomic E-state index is -1.37. The Morgan fingerprint density at radius 2 is 1.61 bits per heavy atom. The van der Waals surface area contributed by atoms with Crippen molar-refractivity contribution < 1.29 is 25.2 Å². The van der Waals surface area contributed by atoms with Gasteiger partial charge < -0.3 is 25.2 Å². The van der Waals surface area contributed by atoms with E-state index in [1.165, 1.54) is 34.2 Å². The minimum Gasteiger partial charge on any atom is -0.394 e. The third kappa shape index (κ3) is 4.43. The number of hydrogen-bond donors (Lipinski definition) is 4. The number of aliphatic hydroxyl groups is 4. The molecule has 5 atom stereocenters. The maximum atomic E-state index is 10.7. The van der Waals surface area contributed by atoms with Crippen molar-refractivity contribution in [2.24, 2.45) is 0 Å². The zero-order valence-electron chi connectivity index (χ0n) is 18.4. The molecule has 1 heterocycles. The van der Waals surface area contributed by atoms with Gasteiger partial charge in [-0.2, -0.15) is 0 Å². The first-order valence-corrected chi connectivity index (χ1v) is 11.4. The molecule has 0 unspecified atom stereocenters. The summed E-state index contributed by atoms with van der Waals surface area (Å²) < 4.78 is 5.87. The van der Waals surface area contributed by atoms with Crippen LogP contribution in [0.25, 0.3) is 0 Å². The van der Waals surface area contributed by atoms with Gasteiger partial charge in [-0.25, -0.2) is 0 Å². The molecule has 0 radical (unpaired) electrons. The minimum absolute atomic E-state index is 0.417. The summed E-state index contributed by atoms with van der Waals surface area (Å²) in [7, 11) is 0. The van der Waals surface area contributed by atoms with Crippen molar-refractivity contribution in [3.8, 4) is 0 Å². The van der Waals surface area contributed by atoms with Crippen LogP contribution in [0, 0.1) is 6.92 Å². The SMILES string of the molecule is CCc1ccc(Cc2cc([C@@H]3O[C@H](CO)[C@@H](O)[C@H](O)[C@H]3O)cc(C3CCC3)c2C)cc1. The summed E-state index contributed by atoms with van der Waals surface area (Å²) in [6.07, 6.45) is -0.336. The summed E-state index contributed by atoms with van der Waals surface area (Å²) in [5.74, 6) is 0.506. The Labute approximate surface area is 184 Å². The third-order valence-electron chi connectivity index (χ3n) is 7.17. The van der Waals surface area contributed by atoms with Gasteiger partial charge in [0.25, 0.3) is 0 Å². The first-order valence-electron chi connectivity index (χ1n) is 11.4. The van der Waals surface area contributed by atoms with Crippen molar-refractivity contribution in [3.05, 3.63) is 69.8 Å². The van der Waals surface area contributed by atoms with Gasteiger partial charge >= 0.3 is 0 Å². The van der Waals surface area contributed by atoms with E-state index in [0.717, 1.165) is 31.2 Å². The van der Waals surface area contributed by atoms with Crippen LogP contribution in [0.5, 0.6) is 0 Å². The van der Waals surface area contributed by atoms with Crippen LogP contribution in [-0.4, -0.2) is 51.4 Å². The Balaban J connectivity index is 1.71. The Morgan fingerprint density at radius 3 is 2.19 bits per heavy atom. The first kappa shape index (κ1) is 22.4. The summed E-state index contributed by atoms with van der Waals surface area (Å²) >= 11 is 0. The fourth-order valence-electron chi connectivity index (χ4n) is 4.81. The van der Waals surface area contributed by atoms with Gasteiger partial charge in [-0.3, -0.25) is 0 Å². The van der Waals surface area contributed by atoms with E-state index < -0.39 is 37.1 Å². The van der Waals surface area contributed by atoms with Crippen LogP contribution < -0.4 is 0 Å². The summed E-state index contributed by atoms with van der Waals surface area (Å²) in [5.41, 5.74) is 7.07. The van der Waals surface area contributed by atoms with Gasteiger partial charge in [0.1, 0.15) is 30.5 Å². The predicted molar refractivity (Wildman–Crippen MR) is 119 cm³/mol. The molecule has 5 nitrogen and oxygen atoms in total. The molecule has 31 heavy (non-hydrogen) atoms. The Morgan fingerprint density at radius 1 is 0.935 bits per heavy atom. The number of aryl methyl sites for hydroxylation is 1. The van der Waals surface area contributed by atoms with Crippen LogP contribution in [0.3, 0.4) is 0 Å². The van der Waals surface area contributed by atoms with E-state index in [4.69, 9.17) is 4.74 Å². The van der Waals surface area contributed by atoms with Gasteiger partial charge in [0.05, 0.1) is 6.61 Å². The average Bonchev–Trinajstić information content (AvgIpc) is 2.74. The van der Waals surface area contributed by atoms with E-state index in [1.54, 1.807) is 0 Å². The number of benzene rings is 2. The second kappa shape index (κ2) is 9.39. The Bertz CT molecular complexity index is 887. The molecule has 1 aliphatic heterocycles. The predicted octanol–water partition coefficient (Wildman–Crippen LogP) is 2.93. The molecule has 0 spiro atoms. The molecule has 1 aliphatic carbocycles. The zero-order valence-corrected chi connectivity index (χ0v) is 18.4. The quantitative estimate of drug-likeness (QED) is 0.570. The van der Waals surface area contributed by atoms with Gasteiger partial charge in [-0.05, 0) is 71.9 Å². The van der Waals surface area contributed by atoms with Crippen LogP contribution in [-0.2, 0) is 17.6 Å². The number of aliphatic hydroxyl groups excluding tert-OH is 4. The van der Waals surface area contributed by atoms with Crippen LogP contribution in [0.4, 0.5) is 0 Å². The van der Waals surface area contributed by atoms with Crippen molar-refractivity contribution >= 4 is 0 Å². The highest BCUT2D eigenvalue weighted by atomic mass is 16.5.